The molecule has 198 valence electrons. The number of methoxy groups -OCH3 is 1. The van der Waals surface area contributed by atoms with Crippen LogP contribution < -0.4 is 10.1 Å². The zero-order valence-electron chi connectivity index (χ0n) is 20.6. The minimum absolute atomic E-state index is 0.0211. The third-order valence-electron chi connectivity index (χ3n) is 6.07. The third-order valence-corrected chi connectivity index (χ3v) is 7.32. The number of halogens is 4. The van der Waals surface area contributed by atoms with Crippen LogP contribution >= 0.6 is 0 Å². The summed E-state index contributed by atoms with van der Waals surface area (Å²) in [5.74, 6) is -3.67. The zero-order chi connectivity index (χ0) is 27.4. The summed E-state index contributed by atoms with van der Waals surface area (Å²) in [7, 11) is -2.47. The number of hydrogen-bond donors (Lipinski definition) is 1. The summed E-state index contributed by atoms with van der Waals surface area (Å²) >= 11 is 0. The number of aromatic nitrogens is 6. The van der Waals surface area contributed by atoms with E-state index in [1.54, 1.807) is 18.2 Å². The van der Waals surface area contributed by atoms with Crippen molar-refractivity contribution in [2.24, 2.45) is 0 Å². The van der Waals surface area contributed by atoms with E-state index in [0.29, 0.717) is 22.2 Å². The molecule has 1 aliphatic heterocycles. The van der Waals surface area contributed by atoms with Crippen LogP contribution in [0.15, 0.2) is 30.4 Å². The first kappa shape index (κ1) is 23.8. The Kier molecular flexibility index (Phi) is 5.86. The van der Waals surface area contributed by atoms with E-state index < -0.39 is 41.5 Å². The van der Waals surface area contributed by atoms with Gasteiger partial charge in [-0.3, -0.25) is 0 Å². The van der Waals surface area contributed by atoms with Gasteiger partial charge in [0, 0.05) is 18.3 Å². The van der Waals surface area contributed by atoms with Gasteiger partial charge in [-0.25, -0.2) is 35.2 Å². The predicted molar refractivity (Wildman–Crippen MR) is 125 cm³/mol. The van der Waals surface area contributed by atoms with Crippen molar-refractivity contribution in [2.75, 3.05) is 31.8 Å². The molecule has 0 saturated carbocycles. The fourth-order valence-electron chi connectivity index (χ4n) is 4.27. The molecule has 1 atom stereocenters. The van der Waals surface area contributed by atoms with Crippen molar-refractivity contribution in [3.8, 4) is 17.0 Å². The van der Waals surface area contributed by atoms with E-state index in [1.807, 2.05) is 0 Å². The van der Waals surface area contributed by atoms with Crippen molar-refractivity contribution >= 4 is 32.5 Å². The number of hydrogen-bond acceptors (Lipinski definition) is 8. The van der Waals surface area contributed by atoms with E-state index in [-0.39, 0.29) is 36.5 Å². The van der Waals surface area contributed by atoms with Gasteiger partial charge in [0.05, 0.1) is 32.8 Å². The quantitative estimate of drug-likeness (QED) is 0.353. The zero-order valence-corrected chi connectivity index (χ0v) is 20.4. The summed E-state index contributed by atoms with van der Waals surface area (Å²) in [5.41, 5.74) is 1.98. The van der Waals surface area contributed by atoms with E-state index in [1.165, 1.54) is 13.2 Å². The Hall–Kier alpha value is -3.53. The summed E-state index contributed by atoms with van der Waals surface area (Å²) in [6.45, 7) is -1.74. The molecule has 0 amide bonds. The Bertz CT molecular complexity index is 1630. The number of nitrogens with zero attached hydrogens (tertiary/aromatic N) is 7. The number of nitrogens with one attached hydrogen (secondary N) is 1. The van der Waals surface area contributed by atoms with Crippen LogP contribution in [-0.2, 0) is 16.6 Å². The van der Waals surface area contributed by atoms with Gasteiger partial charge in [-0.2, -0.15) is 9.29 Å². The molecule has 4 heterocycles. The molecule has 16 heteroatoms. The van der Waals surface area contributed by atoms with Gasteiger partial charge >= 0.3 is 0 Å². The molecule has 0 aliphatic carbocycles. The maximum atomic E-state index is 14.8. The standard InChI is InChI=1S/C21H22F4N8O3S/c1-36-19-18-13(12-3-4-14-15(9-12)33(30-28-14)10-17(22)23)5-8-32(18)29-20(27-19)26-16-6-7-31(37(2,34)35)11-21(16,24)25/h3-5,8-9,16-17H,6-7,10-11H2,1-2H3,(H,26,29)/t16-/m1/s1/i8D. The molecule has 0 radical (unpaired) electrons. The number of alkyl halides is 4. The summed E-state index contributed by atoms with van der Waals surface area (Å²) in [6, 6.07) is 4.85. The van der Waals surface area contributed by atoms with Gasteiger partial charge in [-0.1, -0.05) is 11.3 Å². The monoisotopic (exact) mass is 543 g/mol. The Balaban J connectivity index is 1.52. The normalized spacial score (nSPS) is 19.0. The van der Waals surface area contributed by atoms with Crippen LogP contribution in [0, 0.1) is 0 Å². The average molecular weight is 544 g/mol. The van der Waals surface area contributed by atoms with Crippen LogP contribution in [0.1, 0.15) is 7.79 Å². The Morgan fingerprint density at radius 2 is 2.11 bits per heavy atom. The molecule has 1 N–H and O–H groups in total. The molecular formula is C21H22F4N8O3S. The summed E-state index contributed by atoms with van der Waals surface area (Å²) in [4.78, 5) is 4.21. The van der Waals surface area contributed by atoms with E-state index in [2.05, 4.69) is 25.7 Å². The molecule has 37 heavy (non-hydrogen) atoms. The highest BCUT2D eigenvalue weighted by atomic mass is 32.2. The van der Waals surface area contributed by atoms with Crippen LogP contribution in [-0.4, -0.2) is 87.2 Å². The largest absolute Gasteiger partial charge is 0.479 e. The van der Waals surface area contributed by atoms with Gasteiger partial charge in [-0.05, 0) is 30.2 Å². The van der Waals surface area contributed by atoms with Gasteiger partial charge in [0.15, 0.2) is 0 Å². The van der Waals surface area contributed by atoms with Crippen molar-refractivity contribution in [2.45, 2.75) is 31.4 Å². The van der Waals surface area contributed by atoms with Crippen molar-refractivity contribution in [1.82, 2.24) is 33.9 Å². The molecule has 0 spiro atoms. The van der Waals surface area contributed by atoms with E-state index >= 15 is 0 Å². The summed E-state index contributed by atoms with van der Waals surface area (Å²) in [5, 5.41) is 14.4. The SMILES string of the molecule is [2H]c1cc(-c2ccc3nnn(CC(F)F)c3c2)c2c(OC)nc(N[C@@H]3CCN(S(C)(=O)=O)CC3(F)F)nn12. The number of sulfonamides is 1. The Morgan fingerprint density at radius 3 is 2.78 bits per heavy atom. The summed E-state index contributed by atoms with van der Waals surface area (Å²) in [6.07, 6.45) is -2.07. The maximum absolute atomic E-state index is 14.8. The summed E-state index contributed by atoms with van der Waals surface area (Å²) < 4.78 is 95.7. The maximum Gasteiger partial charge on any atom is 0.281 e. The van der Waals surface area contributed by atoms with Crippen LogP contribution in [0.2, 0.25) is 0 Å². The molecule has 3 aromatic heterocycles. The smallest absolute Gasteiger partial charge is 0.281 e. The lowest BCUT2D eigenvalue weighted by Crippen LogP contribution is -2.55. The lowest BCUT2D eigenvalue weighted by Gasteiger charge is -2.37. The second-order valence-corrected chi connectivity index (χ2v) is 10.6. The average Bonchev–Trinajstić information content (AvgIpc) is 3.39. The van der Waals surface area contributed by atoms with Gasteiger partial charge in [0.25, 0.3) is 12.3 Å². The fraction of sp³-hybridized carbons (Fsp3) is 0.429. The minimum Gasteiger partial charge on any atom is -0.479 e. The number of rotatable bonds is 7. The molecule has 0 bridgehead atoms. The van der Waals surface area contributed by atoms with E-state index in [0.717, 1.165) is 19.8 Å². The first-order valence-electron chi connectivity index (χ1n) is 11.5. The highest BCUT2D eigenvalue weighted by molar-refractivity contribution is 7.88. The van der Waals surface area contributed by atoms with Crippen LogP contribution in [0.5, 0.6) is 5.88 Å². The van der Waals surface area contributed by atoms with Crippen molar-refractivity contribution in [3.63, 3.8) is 0 Å². The van der Waals surface area contributed by atoms with Crippen molar-refractivity contribution in [3.05, 3.63) is 30.4 Å². The molecular weight excluding hydrogens is 520 g/mol. The van der Waals surface area contributed by atoms with Crippen LogP contribution in [0.3, 0.4) is 0 Å². The molecule has 1 saturated heterocycles. The Labute approximate surface area is 209 Å². The molecule has 5 rings (SSSR count). The molecule has 1 fully saturated rings. The van der Waals surface area contributed by atoms with Crippen LogP contribution in [0.4, 0.5) is 23.5 Å². The van der Waals surface area contributed by atoms with Crippen molar-refractivity contribution in [1.29, 1.82) is 0 Å². The second-order valence-electron chi connectivity index (χ2n) is 8.60. The molecule has 1 aliphatic rings. The van der Waals surface area contributed by atoms with Gasteiger partial charge in [0.1, 0.15) is 17.6 Å². The third kappa shape index (κ3) is 4.77. The number of ether oxygens (including phenoxy) is 1. The Morgan fingerprint density at radius 1 is 1.32 bits per heavy atom. The fourth-order valence-corrected chi connectivity index (χ4v) is 5.11. The van der Waals surface area contributed by atoms with E-state index in [9.17, 15) is 26.0 Å². The molecule has 0 unspecified atom stereocenters. The van der Waals surface area contributed by atoms with Gasteiger partial charge in [-0.15, -0.1) is 10.2 Å². The number of fused-ring (bicyclic) bond motifs is 2. The predicted octanol–water partition coefficient (Wildman–Crippen LogP) is 2.50. The first-order valence-corrected chi connectivity index (χ1v) is 12.9. The number of benzene rings is 1. The number of anilines is 1. The van der Waals surface area contributed by atoms with Gasteiger partial charge in [0.2, 0.25) is 21.9 Å². The van der Waals surface area contributed by atoms with Crippen LogP contribution in [0.25, 0.3) is 27.7 Å². The lowest BCUT2D eigenvalue weighted by molar-refractivity contribution is -0.0541. The van der Waals surface area contributed by atoms with Gasteiger partial charge < -0.3 is 10.1 Å². The highest BCUT2D eigenvalue weighted by Gasteiger charge is 2.47. The highest BCUT2D eigenvalue weighted by Crippen LogP contribution is 2.34. The molecule has 11 nitrogen and oxygen atoms in total. The lowest BCUT2D eigenvalue weighted by atomic mass is 10.0. The van der Waals surface area contributed by atoms with E-state index in [4.69, 9.17) is 6.11 Å². The molecule has 4 aromatic rings. The van der Waals surface area contributed by atoms with Crippen molar-refractivity contribution < 1.29 is 32.1 Å². The topological polar surface area (TPSA) is 120 Å². The number of piperidine rings is 1. The first-order chi connectivity index (χ1) is 17.9. The second kappa shape index (κ2) is 9.09. The molecule has 1 aromatic carbocycles. The minimum atomic E-state index is -3.78.